The Labute approximate surface area is 126 Å². The Morgan fingerprint density at radius 2 is 2.19 bits per heavy atom. The molecule has 1 atom stereocenters. The lowest BCUT2D eigenvalue weighted by atomic mass is 10.2. The Balaban J connectivity index is 1.71. The number of nitrogens with two attached hydrogens (primary N) is 1. The van der Waals surface area contributed by atoms with Gasteiger partial charge in [-0.3, -0.25) is 0 Å². The number of aromatic nitrogens is 4. The van der Waals surface area contributed by atoms with Gasteiger partial charge < -0.3 is 15.2 Å². The highest BCUT2D eigenvalue weighted by atomic mass is 32.2. The third kappa shape index (κ3) is 3.25. The van der Waals surface area contributed by atoms with E-state index in [0.717, 1.165) is 29.0 Å². The molecule has 0 unspecified atom stereocenters. The monoisotopic (exact) mass is 303 g/mol. The molecule has 6 nitrogen and oxygen atoms in total. The van der Waals surface area contributed by atoms with E-state index in [2.05, 4.69) is 20.1 Å². The number of benzene rings is 1. The Morgan fingerprint density at radius 3 is 3.00 bits per heavy atom. The molecule has 110 valence electrons. The summed E-state index contributed by atoms with van der Waals surface area (Å²) < 4.78 is 5.23. The molecule has 0 radical (unpaired) electrons. The van der Waals surface area contributed by atoms with Crippen LogP contribution in [0, 0.1) is 0 Å². The molecule has 0 spiro atoms. The Bertz CT molecular complexity index is 690. The van der Waals surface area contributed by atoms with Crippen LogP contribution in [-0.4, -0.2) is 32.1 Å². The predicted molar refractivity (Wildman–Crippen MR) is 83.1 cm³/mol. The molecular formula is C14H17N5OS. The van der Waals surface area contributed by atoms with E-state index in [1.807, 2.05) is 30.5 Å². The van der Waals surface area contributed by atoms with Crippen LogP contribution in [0.2, 0.25) is 0 Å². The zero-order valence-electron chi connectivity index (χ0n) is 11.7. The van der Waals surface area contributed by atoms with E-state index in [1.54, 1.807) is 11.8 Å². The molecule has 0 fully saturated rings. The van der Waals surface area contributed by atoms with Crippen molar-refractivity contribution >= 4 is 22.8 Å². The van der Waals surface area contributed by atoms with E-state index in [1.165, 1.54) is 0 Å². The second-order valence-electron chi connectivity index (χ2n) is 4.81. The topological polar surface area (TPSA) is 93.6 Å². The van der Waals surface area contributed by atoms with E-state index >= 15 is 0 Å². The van der Waals surface area contributed by atoms with Gasteiger partial charge in [-0.05, 0) is 30.6 Å². The van der Waals surface area contributed by atoms with Crippen LogP contribution < -0.4 is 5.73 Å². The molecule has 0 bridgehead atoms. The zero-order valence-corrected chi connectivity index (χ0v) is 12.6. The number of para-hydroxylation sites is 2. The summed E-state index contributed by atoms with van der Waals surface area (Å²) in [4.78, 5) is 12.1. The number of hydrogen-bond donors (Lipinski definition) is 2. The lowest BCUT2D eigenvalue weighted by molar-refractivity contribution is 0.349. The fraction of sp³-hybridized carbons (Fsp3) is 0.357. The predicted octanol–water partition coefficient (Wildman–Crippen LogP) is 2.29. The van der Waals surface area contributed by atoms with Crippen LogP contribution in [0.1, 0.15) is 30.0 Å². The molecule has 0 aliphatic heterocycles. The van der Waals surface area contributed by atoms with Crippen LogP contribution in [0.15, 0.2) is 28.8 Å². The van der Waals surface area contributed by atoms with Gasteiger partial charge in [0.1, 0.15) is 5.82 Å². The molecule has 1 aromatic carbocycles. The van der Waals surface area contributed by atoms with Crippen LogP contribution >= 0.6 is 11.8 Å². The van der Waals surface area contributed by atoms with Gasteiger partial charge in [-0.15, -0.1) is 0 Å². The largest absolute Gasteiger partial charge is 0.342 e. The molecule has 2 aromatic heterocycles. The quantitative estimate of drug-likeness (QED) is 0.725. The summed E-state index contributed by atoms with van der Waals surface area (Å²) in [5.74, 6) is 2.89. The van der Waals surface area contributed by atoms with Gasteiger partial charge in [0.15, 0.2) is 5.82 Å². The average Bonchev–Trinajstić information content (AvgIpc) is 3.11. The van der Waals surface area contributed by atoms with Crippen LogP contribution in [0.5, 0.6) is 0 Å². The van der Waals surface area contributed by atoms with Gasteiger partial charge in [-0.25, -0.2) is 4.98 Å². The lowest BCUT2D eigenvalue weighted by Crippen LogP contribution is -2.11. The van der Waals surface area contributed by atoms with Crippen molar-refractivity contribution < 1.29 is 4.52 Å². The Kier molecular flexibility index (Phi) is 4.21. The molecule has 0 amide bonds. The maximum absolute atomic E-state index is 6.02. The molecule has 7 heteroatoms. The molecular weight excluding hydrogens is 286 g/mol. The number of nitrogens with one attached hydrogen (secondary N) is 1. The van der Waals surface area contributed by atoms with Crippen molar-refractivity contribution in [3.8, 4) is 0 Å². The number of aromatic amines is 1. The maximum atomic E-state index is 6.02. The Hall–Kier alpha value is -1.86. The van der Waals surface area contributed by atoms with Gasteiger partial charge in [0.2, 0.25) is 5.89 Å². The molecule has 3 N–H and O–H groups in total. The zero-order chi connectivity index (χ0) is 14.7. The first-order chi connectivity index (χ1) is 10.3. The van der Waals surface area contributed by atoms with Crippen molar-refractivity contribution in [3.05, 3.63) is 41.8 Å². The van der Waals surface area contributed by atoms with E-state index in [-0.39, 0.29) is 6.04 Å². The summed E-state index contributed by atoms with van der Waals surface area (Å²) in [5.41, 5.74) is 7.96. The summed E-state index contributed by atoms with van der Waals surface area (Å²) in [6.07, 6.45) is 3.38. The van der Waals surface area contributed by atoms with Crippen molar-refractivity contribution in [3.63, 3.8) is 0 Å². The van der Waals surface area contributed by atoms with Gasteiger partial charge in [-0.1, -0.05) is 17.3 Å². The third-order valence-electron chi connectivity index (χ3n) is 3.20. The third-order valence-corrected chi connectivity index (χ3v) is 3.84. The summed E-state index contributed by atoms with van der Waals surface area (Å²) >= 11 is 1.75. The number of H-pyrrole nitrogens is 1. The average molecular weight is 303 g/mol. The van der Waals surface area contributed by atoms with Crippen molar-refractivity contribution in [2.45, 2.75) is 18.9 Å². The van der Waals surface area contributed by atoms with Crippen LogP contribution in [0.4, 0.5) is 0 Å². The lowest BCUT2D eigenvalue weighted by Gasteiger charge is -2.03. The molecule has 0 saturated heterocycles. The molecule has 3 rings (SSSR count). The van der Waals surface area contributed by atoms with Gasteiger partial charge in [0.25, 0.3) is 0 Å². The summed E-state index contributed by atoms with van der Waals surface area (Å²) in [6, 6.07) is 7.70. The number of nitrogens with zero attached hydrogens (tertiary/aromatic N) is 3. The minimum absolute atomic E-state index is 0.200. The highest BCUT2D eigenvalue weighted by Crippen LogP contribution is 2.16. The molecule has 3 aromatic rings. The minimum Gasteiger partial charge on any atom is -0.342 e. The second kappa shape index (κ2) is 6.28. The Morgan fingerprint density at radius 1 is 1.33 bits per heavy atom. The van der Waals surface area contributed by atoms with E-state index in [4.69, 9.17) is 10.3 Å². The molecule has 0 aliphatic carbocycles. The van der Waals surface area contributed by atoms with Crippen molar-refractivity contribution in [1.29, 1.82) is 0 Å². The standard InChI is InChI=1S/C14H17N5OS/c1-21-7-6-9(15)14-18-13(19-20-14)8-12-16-10-4-2-3-5-11(10)17-12/h2-5,9H,6-8,15H2,1H3,(H,16,17)/t9-/m0/s1. The molecule has 0 saturated carbocycles. The summed E-state index contributed by atoms with van der Waals surface area (Å²) in [7, 11) is 0. The fourth-order valence-corrected chi connectivity index (χ4v) is 2.59. The number of thioether (sulfide) groups is 1. The highest BCUT2D eigenvalue weighted by molar-refractivity contribution is 7.98. The van der Waals surface area contributed by atoms with Crippen molar-refractivity contribution in [2.24, 2.45) is 5.73 Å². The van der Waals surface area contributed by atoms with Crippen LogP contribution in [-0.2, 0) is 6.42 Å². The fourth-order valence-electron chi connectivity index (χ4n) is 2.10. The van der Waals surface area contributed by atoms with Crippen LogP contribution in [0.25, 0.3) is 11.0 Å². The SMILES string of the molecule is CSCC[C@H](N)c1nc(Cc2nc3ccccc3[nH]2)no1. The van der Waals surface area contributed by atoms with Gasteiger partial charge in [0, 0.05) is 0 Å². The normalized spacial score (nSPS) is 12.9. The number of rotatable bonds is 6. The highest BCUT2D eigenvalue weighted by Gasteiger charge is 2.15. The minimum atomic E-state index is -0.200. The van der Waals surface area contributed by atoms with Crippen LogP contribution in [0.3, 0.4) is 0 Å². The summed E-state index contributed by atoms with van der Waals surface area (Å²) in [6.45, 7) is 0. The molecule has 0 aliphatic rings. The number of hydrogen-bond acceptors (Lipinski definition) is 6. The smallest absolute Gasteiger partial charge is 0.243 e. The molecule has 21 heavy (non-hydrogen) atoms. The van der Waals surface area contributed by atoms with Gasteiger partial charge >= 0.3 is 0 Å². The molecule has 2 heterocycles. The first-order valence-corrected chi connectivity index (χ1v) is 8.16. The van der Waals surface area contributed by atoms with Gasteiger partial charge in [-0.2, -0.15) is 16.7 Å². The number of fused-ring (bicyclic) bond motifs is 1. The van der Waals surface area contributed by atoms with Crippen molar-refractivity contribution in [1.82, 2.24) is 20.1 Å². The second-order valence-corrected chi connectivity index (χ2v) is 5.80. The van der Waals surface area contributed by atoms with Gasteiger partial charge in [0.05, 0.1) is 23.5 Å². The van der Waals surface area contributed by atoms with Crippen molar-refractivity contribution in [2.75, 3.05) is 12.0 Å². The maximum Gasteiger partial charge on any atom is 0.243 e. The van der Waals surface area contributed by atoms with E-state index in [9.17, 15) is 0 Å². The van der Waals surface area contributed by atoms with E-state index < -0.39 is 0 Å². The summed E-state index contributed by atoms with van der Waals surface area (Å²) in [5, 5.41) is 3.98. The first-order valence-electron chi connectivity index (χ1n) is 6.77. The first kappa shape index (κ1) is 14.1. The van der Waals surface area contributed by atoms with E-state index in [0.29, 0.717) is 18.1 Å². The number of imidazole rings is 1.